The Labute approximate surface area is 197 Å². The molecule has 1 saturated heterocycles. The molecule has 174 valence electrons. The van der Waals surface area contributed by atoms with Gasteiger partial charge in [0, 0.05) is 37.1 Å². The fourth-order valence-corrected chi connectivity index (χ4v) is 4.48. The van der Waals surface area contributed by atoms with E-state index in [1.807, 2.05) is 12.1 Å². The quantitative estimate of drug-likeness (QED) is 0.291. The van der Waals surface area contributed by atoms with Crippen LogP contribution in [0.25, 0.3) is 10.3 Å². The molecule has 34 heavy (non-hydrogen) atoms. The number of aromatic nitrogens is 3. The van der Waals surface area contributed by atoms with E-state index in [0.29, 0.717) is 27.0 Å². The molecule has 2 N–H and O–H groups in total. The van der Waals surface area contributed by atoms with E-state index in [0.717, 1.165) is 50.7 Å². The van der Waals surface area contributed by atoms with Crippen LogP contribution in [-0.2, 0) is 11.3 Å². The molecular weight excluding hydrogens is 461 g/mol. The highest BCUT2D eigenvalue weighted by Gasteiger charge is 2.17. The van der Waals surface area contributed by atoms with Crippen molar-refractivity contribution >= 4 is 49.7 Å². The Hall–Kier alpha value is -3.74. The molecule has 0 atom stereocenters. The van der Waals surface area contributed by atoms with Crippen LogP contribution in [0.1, 0.15) is 5.56 Å². The summed E-state index contributed by atoms with van der Waals surface area (Å²) in [6, 6.07) is 11.8. The van der Waals surface area contributed by atoms with Crippen LogP contribution in [0, 0.1) is 15.9 Å². The lowest BCUT2D eigenvalue weighted by Crippen LogP contribution is -2.35. The smallest absolute Gasteiger partial charge is 0.306 e. The number of hydrogen-bond donors (Lipinski definition) is 2. The van der Waals surface area contributed by atoms with E-state index in [2.05, 4.69) is 42.6 Å². The molecule has 5 rings (SSSR count). The van der Waals surface area contributed by atoms with E-state index in [1.54, 1.807) is 0 Å². The molecule has 0 unspecified atom stereocenters. The van der Waals surface area contributed by atoms with Crippen LogP contribution in [0.4, 0.5) is 32.4 Å². The number of halogens is 1. The average Bonchev–Trinajstić information content (AvgIpc) is 3.25. The van der Waals surface area contributed by atoms with Crippen LogP contribution in [0.2, 0.25) is 0 Å². The molecule has 2 aromatic carbocycles. The number of fused-ring (bicyclic) bond motifs is 1. The second-order valence-electron chi connectivity index (χ2n) is 7.65. The average molecular weight is 482 g/mol. The second kappa shape index (κ2) is 9.63. The van der Waals surface area contributed by atoms with Crippen LogP contribution in [0.5, 0.6) is 0 Å². The van der Waals surface area contributed by atoms with Crippen LogP contribution >= 0.6 is 11.3 Å². The topological polar surface area (TPSA) is 118 Å². The number of thiazole rings is 1. The van der Waals surface area contributed by atoms with Gasteiger partial charge in [-0.3, -0.25) is 15.0 Å². The van der Waals surface area contributed by atoms with E-state index < -0.39 is 16.4 Å². The molecule has 1 aliphatic heterocycles. The molecule has 0 radical (unpaired) electrons. The first-order valence-corrected chi connectivity index (χ1v) is 11.4. The van der Waals surface area contributed by atoms with E-state index in [1.165, 1.54) is 29.3 Å². The van der Waals surface area contributed by atoms with Crippen LogP contribution in [0.15, 0.2) is 48.8 Å². The largest absolute Gasteiger partial charge is 0.379 e. The van der Waals surface area contributed by atoms with Gasteiger partial charge in [-0.25, -0.2) is 9.97 Å². The molecular formula is C22H20FN7O3S. The molecule has 4 aromatic rings. The third-order valence-electron chi connectivity index (χ3n) is 5.31. The van der Waals surface area contributed by atoms with Gasteiger partial charge in [0.05, 0.1) is 18.1 Å². The molecule has 0 aliphatic carbocycles. The van der Waals surface area contributed by atoms with Gasteiger partial charge < -0.3 is 15.4 Å². The Morgan fingerprint density at radius 2 is 1.85 bits per heavy atom. The summed E-state index contributed by atoms with van der Waals surface area (Å²) in [5, 5.41) is 17.9. The number of rotatable bonds is 7. The fourth-order valence-electron chi connectivity index (χ4n) is 3.60. The van der Waals surface area contributed by atoms with E-state index >= 15 is 0 Å². The Morgan fingerprint density at radius 1 is 1.09 bits per heavy atom. The molecule has 1 fully saturated rings. The number of nitro benzene ring substituents is 1. The van der Waals surface area contributed by atoms with Gasteiger partial charge >= 0.3 is 5.69 Å². The first kappa shape index (κ1) is 22.1. The minimum Gasteiger partial charge on any atom is -0.379 e. The zero-order valence-corrected chi connectivity index (χ0v) is 18.7. The molecule has 12 heteroatoms. The van der Waals surface area contributed by atoms with Crippen molar-refractivity contribution in [3.63, 3.8) is 0 Å². The monoisotopic (exact) mass is 481 g/mol. The van der Waals surface area contributed by atoms with Crippen molar-refractivity contribution in [1.29, 1.82) is 0 Å². The van der Waals surface area contributed by atoms with Crippen molar-refractivity contribution in [2.24, 2.45) is 0 Å². The summed E-state index contributed by atoms with van der Waals surface area (Å²) in [5.41, 5.74) is 2.32. The summed E-state index contributed by atoms with van der Waals surface area (Å²) >= 11 is 1.34. The van der Waals surface area contributed by atoms with Gasteiger partial charge in [0.1, 0.15) is 11.0 Å². The minimum atomic E-state index is -0.899. The van der Waals surface area contributed by atoms with Crippen LogP contribution in [-0.4, -0.2) is 51.1 Å². The van der Waals surface area contributed by atoms with Crippen molar-refractivity contribution in [3.8, 4) is 0 Å². The maximum Gasteiger partial charge on any atom is 0.306 e. The summed E-state index contributed by atoms with van der Waals surface area (Å²) in [7, 11) is 0. The Bertz CT molecular complexity index is 1330. The molecule has 3 heterocycles. The van der Waals surface area contributed by atoms with Crippen molar-refractivity contribution in [1.82, 2.24) is 19.9 Å². The van der Waals surface area contributed by atoms with Gasteiger partial charge in [0.15, 0.2) is 16.6 Å². The van der Waals surface area contributed by atoms with Crippen LogP contribution < -0.4 is 10.6 Å². The highest BCUT2D eigenvalue weighted by Crippen LogP contribution is 2.33. The second-order valence-corrected chi connectivity index (χ2v) is 8.65. The standard InChI is InChI=1S/C22H20FN7O3S/c23-17-6-5-16(11-18(17)30(31)32)26-20-19-21(25-13-24-20)28-22(34-19)27-15-3-1-14(2-4-15)12-29-7-9-33-10-8-29/h1-6,11,13H,7-10,12H2,(H2,24,25,26,27,28). The number of hydrogen-bond acceptors (Lipinski definition) is 10. The summed E-state index contributed by atoms with van der Waals surface area (Å²) in [6.07, 6.45) is 1.35. The number of ether oxygens (including phenoxy) is 1. The maximum atomic E-state index is 13.6. The van der Waals surface area contributed by atoms with Crippen LogP contribution in [0.3, 0.4) is 0 Å². The lowest BCUT2D eigenvalue weighted by molar-refractivity contribution is -0.387. The van der Waals surface area contributed by atoms with E-state index in [4.69, 9.17) is 4.74 Å². The first-order valence-electron chi connectivity index (χ1n) is 10.5. The zero-order chi connectivity index (χ0) is 23.5. The van der Waals surface area contributed by atoms with Crippen molar-refractivity contribution in [3.05, 3.63) is 70.3 Å². The van der Waals surface area contributed by atoms with Crippen molar-refractivity contribution in [2.75, 3.05) is 36.9 Å². The van der Waals surface area contributed by atoms with Gasteiger partial charge in [0.2, 0.25) is 5.82 Å². The SMILES string of the molecule is O=[N+]([O-])c1cc(Nc2ncnc3nc(Nc4ccc(CN5CCOCC5)cc4)sc23)ccc1F. The number of nitrogens with one attached hydrogen (secondary N) is 2. The lowest BCUT2D eigenvalue weighted by Gasteiger charge is -2.26. The van der Waals surface area contributed by atoms with Crippen molar-refractivity contribution < 1.29 is 14.1 Å². The van der Waals surface area contributed by atoms with Crippen molar-refractivity contribution in [2.45, 2.75) is 6.54 Å². The normalized spacial score (nSPS) is 14.3. The minimum absolute atomic E-state index is 0.340. The predicted octanol–water partition coefficient (Wildman–Crippen LogP) is 4.45. The van der Waals surface area contributed by atoms with Gasteiger partial charge in [-0.1, -0.05) is 23.5 Å². The van der Waals surface area contributed by atoms with Gasteiger partial charge in [-0.05, 0) is 29.8 Å². The number of anilines is 4. The Morgan fingerprint density at radius 3 is 2.62 bits per heavy atom. The van der Waals surface area contributed by atoms with Gasteiger partial charge in [-0.2, -0.15) is 9.37 Å². The number of morpholine rings is 1. The van der Waals surface area contributed by atoms with E-state index in [-0.39, 0.29) is 0 Å². The maximum absolute atomic E-state index is 13.6. The lowest BCUT2D eigenvalue weighted by atomic mass is 10.2. The fraction of sp³-hybridized carbons (Fsp3) is 0.227. The third kappa shape index (κ3) is 4.93. The highest BCUT2D eigenvalue weighted by atomic mass is 32.1. The molecule has 1 aliphatic rings. The number of nitro groups is 1. The Balaban J connectivity index is 1.31. The summed E-state index contributed by atoms with van der Waals surface area (Å²) < 4.78 is 19.7. The zero-order valence-electron chi connectivity index (χ0n) is 17.9. The third-order valence-corrected chi connectivity index (χ3v) is 6.28. The number of benzene rings is 2. The molecule has 10 nitrogen and oxygen atoms in total. The predicted molar refractivity (Wildman–Crippen MR) is 127 cm³/mol. The van der Waals surface area contributed by atoms with E-state index in [9.17, 15) is 14.5 Å². The summed E-state index contributed by atoms with van der Waals surface area (Å²) in [5.74, 6) is -0.471. The molecule has 0 saturated carbocycles. The summed E-state index contributed by atoms with van der Waals surface area (Å²) in [6.45, 7) is 4.31. The molecule has 0 amide bonds. The van der Waals surface area contributed by atoms with Gasteiger partial charge in [0.25, 0.3) is 0 Å². The highest BCUT2D eigenvalue weighted by molar-refractivity contribution is 7.22. The number of nitrogens with zero attached hydrogens (tertiary/aromatic N) is 5. The first-order chi connectivity index (χ1) is 16.5. The molecule has 0 spiro atoms. The summed E-state index contributed by atoms with van der Waals surface area (Å²) in [4.78, 5) is 25.6. The Kier molecular flexibility index (Phi) is 6.25. The molecule has 2 aromatic heterocycles. The van der Waals surface area contributed by atoms with Gasteiger partial charge in [-0.15, -0.1) is 0 Å². The molecule has 0 bridgehead atoms.